The average molecular weight is 650 g/mol. The minimum atomic E-state index is 0.909. The van der Waals surface area contributed by atoms with Gasteiger partial charge in [0.05, 0.1) is 0 Å². The molecule has 0 bridgehead atoms. The molecule has 1 aromatic carbocycles. The molecule has 102 valence electrons. The summed E-state index contributed by atoms with van der Waals surface area (Å²) in [5.41, 5.74) is 2.56. The normalized spacial score (nSPS) is 14.8. The van der Waals surface area contributed by atoms with Gasteiger partial charge in [-0.25, -0.2) is 0 Å². The quantitative estimate of drug-likeness (QED) is 0.339. The fourth-order valence-corrected chi connectivity index (χ4v) is 3.37. The van der Waals surface area contributed by atoms with Crippen molar-refractivity contribution in [2.45, 2.75) is 18.9 Å². The monoisotopic (exact) mass is 650 g/mol. The van der Waals surface area contributed by atoms with Crippen molar-refractivity contribution in [1.82, 2.24) is 10.5 Å². The summed E-state index contributed by atoms with van der Waals surface area (Å²) in [5, 5.41) is 0. The number of aryl methyl sites for hydroxylation is 2. The number of rotatable bonds is 1. The summed E-state index contributed by atoms with van der Waals surface area (Å²) in [6.45, 7) is 0. The van der Waals surface area contributed by atoms with Crippen LogP contribution in [0.4, 0.5) is 0 Å². The predicted octanol–water partition coefficient (Wildman–Crippen LogP) is 3.75. The Morgan fingerprint density at radius 3 is 1.83 bits per heavy atom. The van der Waals surface area contributed by atoms with Crippen LogP contribution in [-0.2, 0) is 33.4 Å². The summed E-state index contributed by atoms with van der Waals surface area (Å²) in [7, 11) is 4.18. The molecule has 1 aliphatic carbocycles. The Labute approximate surface area is 146 Å². The number of imidazole rings is 1. The second kappa shape index (κ2) is 6.50. The molecule has 1 heterocycles. The van der Waals surface area contributed by atoms with E-state index >= 15 is 0 Å². The van der Waals surface area contributed by atoms with Gasteiger partial charge in [0.1, 0.15) is 0 Å². The Kier molecular flexibility index (Phi) is 5.49. The standard InChI is InChI=1S/C9H10N2.C3H5I2N.Pt/c1-10-7-11(2)9-6-4-3-5-8(9)10;4-6(5)3-1-2-3;/h3-6H,1-2H3;3H,1-2H2;. The molecule has 3 nitrogen and oxygen atoms in total. The maximum Gasteiger partial charge on any atom is 0.0311 e. The summed E-state index contributed by atoms with van der Waals surface area (Å²) < 4.78 is 7.85. The number of aromatic nitrogens is 2. The Bertz CT molecular complexity index is 557. The van der Waals surface area contributed by atoms with Gasteiger partial charge in [-0.15, -0.1) is 0 Å². The first-order valence-corrected chi connectivity index (χ1v) is 8.75. The third-order valence-electron chi connectivity index (χ3n) is 2.94. The van der Waals surface area contributed by atoms with Gasteiger partial charge in [0.2, 0.25) is 0 Å². The van der Waals surface area contributed by atoms with Crippen LogP contribution in [0, 0.1) is 3.80 Å². The zero-order chi connectivity index (χ0) is 13.3. The predicted molar refractivity (Wildman–Crippen MR) is 88.0 cm³/mol. The second-order valence-corrected chi connectivity index (χ2v) is 9.28. The Morgan fingerprint density at radius 1 is 1.11 bits per heavy atom. The van der Waals surface area contributed by atoms with E-state index in [0.29, 0.717) is 0 Å². The number of hydrogen-bond donors (Lipinski definition) is 0. The summed E-state index contributed by atoms with van der Waals surface area (Å²) in [5.74, 6) is 0. The molecule has 0 radical (unpaired) electrons. The maximum absolute atomic E-state index is 2.33. The zero-order valence-electron chi connectivity index (χ0n) is 10.2. The minimum Gasteiger partial charge on any atom is -0.185 e. The third-order valence-corrected chi connectivity index (χ3v) is 6.04. The molecule has 0 N–H and O–H groups in total. The smallest absolute Gasteiger partial charge is 0.0311 e. The van der Waals surface area contributed by atoms with Crippen LogP contribution >= 0.6 is 45.7 Å². The molecule has 1 fully saturated rings. The van der Waals surface area contributed by atoms with E-state index in [1.807, 2.05) is 0 Å². The van der Waals surface area contributed by atoms with E-state index in [1.54, 1.807) is 0 Å². The third kappa shape index (κ3) is 3.46. The molecule has 0 unspecified atom stereocenters. The van der Waals surface area contributed by atoms with E-state index in [9.17, 15) is 0 Å². The van der Waals surface area contributed by atoms with Crippen molar-refractivity contribution in [3.8, 4) is 0 Å². The number of para-hydroxylation sites is 2. The fourth-order valence-electron chi connectivity index (χ4n) is 1.71. The van der Waals surface area contributed by atoms with Crippen molar-refractivity contribution in [3.05, 3.63) is 28.1 Å². The number of nitrogens with zero attached hydrogens (tertiary/aromatic N) is 3. The fraction of sp³-hybridized carbons (Fsp3) is 0.417. The van der Waals surface area contributed by atoms with Crippen LogP contribution in [0.15, 0.2) is 24.3 Å². The number of benzene rings is 1. The van der Waals surface area contributed by atoms with Crippen LogP contribution in [0.2, 0.25) is 0 Å². The molecular formula is C12H15I2N3Pt. The summed E-state index contributed by atoms with van der Waals surface area (Å²) in [6.07, 6.45) is 2.82. The van der Waals surface area contributed by atoms with Crippen LogP contribution in [0.3, 0.4) is 0 Å². The molecule has 1 aliphatic rings. The second-order valence-electron chi connectivity index (χ2n) is 4.34. The Morgan fingerprint density at radius 2 is 1.56 bits per heavy atom. The molecule has 18 heavy (non-hydrogen) atoms. The van der Waals surface area contributed by atoms with Crippen LogP contribution in [0.5, 0.6) is 0 Å². The Hall–Kier alpha value is 0.798. The average Bonchev–Trinajstić information content (AvgIpc) is 3.18. The zero-order valence-corrected chi connectivity index (χ0v) is 16.8. The van der Waals surface area contributed by atoms with Crippen molar-refractivity contribution < 1.29 is 19.4 Å². The van der Waals surface area contributed by atoms with E-state index in [2.05, 4.69) is 114 Å². The first kappa shape index (κ1) is 15.2. The molecule has 0 atom stereocenters. The van der Waals surface area contributed by atoms with Gasteiger partial charge in [0.15, 0.2) is 0 Å². The molecule has 1 saturated carbocycles. The molecule has 6 heteroatoms. The van der Waals surface area contributed by atoms with Crippen LogP contribution in [-0.4, -0.2) is 16.5 Å². The molecule has 0 aliphatic heterocycles. The van der Waals surface area contributed by atoms with Crippen LogP contribution < -0.4 is 0 Å². The molecule has 2 aromatic rings. The van der Waals surface area contributed by atoms with Gasteiger partial charge in [-0.1, -0.05) is 0 Å². The van der Waals surface area contributed by atoms with Gasteiger partial charge < -0.3 is 0 Å². The molecule has 0 spiro atoms. The van der Waals surface area contributed by atoms with Gasteiger partial charge in [-0.05, 0) is 12.8 Å². The molecular weight excluding hydrogens is 635 g/mol. The van der Waals surface area contributed by atoms with Crippen molar-refractivity contribution in [3.63, 3.8) is 0 Å². The summed E-state index contributed by atoms with van der Waals surface area (Å²) in [6, 6.07) is 9.32. The topological polar surface area (TPSA) is 13.1 Å². The van der Waals surface area contributed by atoms with Crippen molar-refractivity contribution in [2.75, 3.05) is 0 Å². The number of hydrogen-bond acceptors (Lipinski definition) is 1. The number of halogens is 2. The summed E-state index contributed by atoms with van der Waals surface area (Å²) >= 11 is 6.96. The van der Waals surface area contributed by atoms with Gasteiger partial charge in [-0.2, -0.15) is 1.33 Å². The molecule has 1 aromatic heterocycles. The van der Waals surface area contributed by atoms with Crippen LogP contribution in [0.25, 0.3) is 11.0 Å². The van der Waals surface area contributed by atoms with E-state index in [4.69, 9.17) is 0 Å². The minimum absolute atomic E-state index is 0.909. The molecule has 3 rings (SSSR count). The first-order valence-electron chi connectivity index (χ1n) is 5.69. The van der Waals surface area contributed by atoms with E-state index in [1.165, 1.54) is 27.7 Å². The molecule has 0 saturated heterocycles. The van der Waals surface area contributed by atoms with Crippen molar-refractivity contribution in [2.24, 2.45) is 14.1 Å². The van der Waals surface area contributed by atoms with Gasteiger partial charge in [0.25, 0.3) is 0 Å². The van der Waals surface area contributed by atoms with Gasteiger partial charge in [0, 0.05) is 51.8 Å². The SMILES string of the molecule is Cn1[c](=[Pt])n(C)c2ccccc21.IN(I)C1CC1. The number of fused-ring (bicyclic) bond motifs is 1. The van der Waals surface area contributed by atoms with E-state index in [0.717, 1.165) is 6.04 Å². The first-order chi connectivity index (χ1) is 8.52. The van der Waals surface area contributed by atoms with Crippen molar-refractivity contribution in [1.29, 1.82) is 0 Å². The van der Waals surface area contributed by atoms with E-state index < -0.39 is 0 Å². The Balaban J connectivity index is 0.000000169. The van der Waals surface area contributed by atoms with Gasteiger partial charge >= 0.3 is 81.7 Å². The van der Waals surface area contributed by atoms with Crippen molar-refractivity contribution >= 4 is 56.8 Å². The van der Waals surface area contributed by atoms with Crippen LogP contribution in [0.1, 0.15) is 12.8 Å². The van der Waals surface area contributed by atoms with Gasteiger partial charge in [-0.3, -0.25) is 0 Å². The summed E-state index contributed by atoms with van der Waals surface area (Å²) in [4.78, 5) is 0. The largest absolute Gasteiger partial charge is 0.185 e. The maximum atomic E-state index is 2.33. The van der Waals surface area contributed by atoms with E-state index in [-0.39, 0.29) is 0 Å². The molecule has 0 amide bonds.